The van der Waals surface area contributed by atoms with E-state index in [0.29, 0.717) is 39.0 Å². The number of aliphatic hydroxyl groups is 2. The lowest BCUT2D eigenvalue weighted by Crippen LogP contribution is -2.44. The van der Waals surface area contributed by atoms with E-state index >= 15 is 0 Å². The number of amides is 1. The molecule has 0 aliphatic carbocycles. The van der Waals surface area contributed by atoms with Gasteiger partial charge in [0, 0.05) is 22.6 Å². The predicted octanol–water partition coefficient (Wildman–Crippen LogP) is 2.09. The second-order valence-electron chi connectivity index (χ2n) is 9.48. The first-order valence-corrected chi connectivity index (χ1v) is 11.8. The van der Waals surface area contributed by atoms with E-state index in [2.05, 4.69) is 10.3 Å². The molecule has 2 aromatic heterocycles. The second kappa shape index (κ2) is 8.21. The molecule has 1 aromatic carbocycles. The number of carbonyl (C=O) groups excluding carboxylic acids is 2. The zero-order chi connectivity index (χ0) is 26.1. The van der Waals surface area contributed by atoms with E-state index in [-0.39, 0.29) is 30.7 Å². The number of fused-ring (bicyclic) bond motifs is 5. The number of rotatable bonds is 4. The molecule has 10 heteroatoms. The van der Waals surface area contributed by atoms with Crippen molar-refractivity contribution < 1.29 is 28.9 Å². The Bertz CT molecular complexity index is 1530. The number of hydrogen-bond acceptors (Lipinski definition) is 7. The average molecular weight is 496 g/mol. The van der Waals surface area contributed by atoms with Crippen molar-refractivity contribution in [3.8, 4) is 11.4 Å². The minimum atomic E-state index is -1.97. The highest BCUT2D eigenvalue weighted by Crippen LogP contribution is 2.42. The Balaban J connectivity index is 1.80. The van der Waals surface area contributed by atoms with Crippen molar-refractivity contribution in [2.75, 3.05) is 0 Å². The lowest BCUT2D eigenvalue weighted by atomic mass is 9.86. The van der Waals surface area contributed by atoms with Gasteiger partial charge in [-0.15, -0.1) is 0 Å². The lowest BCUT2D eigenvalue weighted by Gasteiger charge is -2.31. The highest BCUT2D eigenvalue weighted by molar-refractivity contribution is 5.91. The van der Waals surface area contributed by atoms with Gasteiger partial charge in [0.25, 0.3) is 5.56 Å². The first-order chi connectivity index (χ1) is 17.0. The fourth-order valence-electron chi connectivity index (χ4n) is 5.14. The van der Waals surface area contributed by atoms with Crippen LogP contribution in [-0.4, -0.2) is 37.7 Å². The average Bonchev–Trinajstić information content (AvgIpc) is 3.19. The zero-order valence-electron chi connectivity index (χ0n) is 20.3. The van der Waals surface area contributed by atoms with Gasteiger partial charge in [-0.2, -0.15) is 0 Å². The number of ether oxygens (including phenoxy) is 1. The van der Waals surface area contributed by atoms with Crippen LogP contribution in [0.2, 0.25) is 0 Å². The number of esters is 1. The van der Waals surface area contributed by atoms with Gasteiger partial charge in [-0.05, 0) is 50.5 Å². The summed E-state index contributed by atoms with van der Waals surface area (Å²) < 4.78 is 21.1. The first-order valence-electron chi connectivity index (χ1n) is 11.8. The maximum absolute atomic E-state index is 14.5. The van der Waals surface area contributed by atoms with Crippen molar-refractivity contribution >= 4 is 22.8 Å². The molecule has 3 atom stereocenters. The third-order valence-electron chi connectivity index (χ3n) is 7.18. The van der Waals surface area contributed by atoms with Crippen LogP contribution in [0.25, 0.3) is 22.3 Å². The van der Waals surface area contributed by atoms with Crippen LogP contribution in [-0.2, 0) is 33.1 Å². The lowest BCUT2D eigenvalue weighted by molar-refractivity contribution is -0.172. The summed E-state index contributed by atoms with van der Waals surface area (Å²) in [6, 6.07) is 3.93. The molecule has 2 aliphatic heterocycles. The highest BCUT2D eigenvalue weighted by Gasteiger charge is 2.45. The molecule has 2 aliphatic rings. The fraction of sp³-hybridized carbons (Fsp3) is 0.385. The molecule has 1 amide bonds. The van der Waals surface area contributed by atoms with Gasteiger partial charge in [0.05, 0.1) is 35.1 Å². The Morgan fingerprint density at radius 2 is 2.00 bits per heavy atom. The van der Waals surface area contributed by atoms with Gasteiger partial charge < -0.3 is 24.8 Å². The molecular weight excluding hydrogens is 469 g/mol. The van der Waals surface area contributed by atoms with Crippen LogP contribution in [0.5, 0.6) is 0 Å². The minimum absolute atomic E-state index is 0.0118. The number of hydrogen-bond donors (Lipinski definition) is 3. The van der Waals surface area contributed by atoms with Crippen molar-refractivity contribution in [1.82, 2.24) is 14.9 Å². The largest absolute Gasteiger partial charge is 0.458 e. The maximum Gasteiger partial charge on any atom is 0.343 e. The Hall–Kier alpha value is -3.63. The number of nitrogens with one attached hydrogen (secondary N) is 1. The van der Waals surface area contributed by atoms with Gasteiger partial charge >= 0.3 is 5.97 Å². The number of halogens is 1. The normalized spacial score (nSPS) is 19.8. The summed E-state index contributed by atoms with van der Waals surface area (Å²) in [6.07, 6.45) is -1.22. The molecule has 0 saturated heterocycles. The van der Waals surface area contributed by atoms with Gasteiger partial charge in [-0.3, -0.25) is 9.59 Å². The van der Waals surface area contributed by atoms with Crippen LogP contribution in [0.15, 0.2) is 23.0 Å². The van der Waals surface area contributed by atoms with E-state index in [4.69, 9.17) is 4.74 Å². The van der Waals surface area contributed by atoms with E-state index in [9.17, 15) is 29.0 Å². The molecule has 0 spiro atoms. The van der Waals surface area contributed by atoms with Crippen molar-refractivity contribution in [3.63, 3.8) is 0 Å². The van der Waals surface area contributed by atoms with Gasteiger partial charge in [-0.25, -0.2) is 14.2 Å². The smallest absolute Gasteiger partial charge is 0.343 e. The molecule has 4 heterocycles. The second-order valence-corrected chi connectivity index (χ2v) is 9.48. The third-order valence-corrected chi connectivity index (χ3v) is 7.18. The molecule has 0 radical (unpaired) electrons. The minimum Gasteiger partial charge on any atom is -0.458 e. The monoisotopic (exact) mass is 495 g/mol. The molecular formula is C26H26FN3O6. The number of nitrogens with zero attached hydrogens (tertiary/aromatic N) is 2. The van der Waals surface area contributed by atoms with E-state index in [0.717, 1.165) is 0 Å². The van der Waals surface area contributed by atoms with Crippen LogP contribution in [0.3, 0.4) is 0 Å². The molecule has 188 valence electrons. The molecule has 0 saturated carbocycles. The predicted molar refractivity (Wildman–Crippen MR) is 127 cm³/mol. The van der Waals surface area contributed by atoms with Crippen molar-refractivity contribution in [3.05, 3.63) is 62.2 Å². The van der Waals surface area contributed by atoms with Crippen LogP contribution < -0.4 is 10.9 Å². The van der Waals surface area contributed by atoms with E-state index in [1.807, 2.05) is 0 Å². The van der Waals surface area contributed by atoms with Crippen LogP contribution in [0.4, 0.5) is 4.39 Å². The molecule has 5 rings (SSSR count). The Kier molecular flexibility index (Phi) is 5.49. The summed E-state index contributed by atoms with van der Waals surface area (Å²) in [5.41, 5.74) is 0.790. The maximum atomic E-state index is 14.5. The quantitative estimate of drug-likeness (QED) is 0.370. The van der Waals surface area contributed by atoms with Gasteiger partial charge in [0.2, 0.25) is 5.91 Å². The number of aromatic nitrogens is 2. The summed E-state index contributed by atoms with van der Waals surface area (Å²) in [4.78, 5) is 42.9. The summed E-state index contributed by atoms with van der Waals surface area (Å²) in [6.45, 7) is 6.22. The van der Waals surface area contributed by atoms with E-state index in [1.54, 1.807) is 32.9 Å². The fourth-order valence-corrected chi connectivity index (χ4v) is 5.14. The topological polar surface area (TPSA) is 131 Å². The molecule has 3 N–H and O–H groups in total. The Morgan fingerprint density at radius 3 is 2.67 bits per heavy atom. The third kappa shape index (κ3) is 3.35. The number of benzene rings is 1. The first kappa shape index (κ1) is 24.1. The van der Waals surface area contributed by atoms with Crippen molar-refractivity contribution in [2.24, 2.45) is 0 Å². The summed E-state index contributed by atoms with van der Waals surface area (Å²) in [5, 5.41) is 24.2. The van der Waals surface area contributed by atoms with Crippen LogP contribution in [0.1, 0.15) is 61.1 Å². The number of pyridine rings is 2. The SMILES string of the molecule is CC[C@@]1(O)C(=O)OCc2c1cc1n(c2=O)Cc2c-1nc1cc(F)c(C)cc1c2[C@@H](C)NC(=O)[C@@H](C)O. The Labute approximate surface area is 205 Å². The van der Waals surface area contributed by atoms with Crippen LogP contribution >= 0.6 is 0 Å². The van der Waals surface area contributed by atoms with Gasteiger partial charge in [0.15, 0.2) is 5.60 Å². The van der Waals surface area contributed by atoms with Gasteiger partial charge in [-0.1, -0.05) is 6.92 Å². The number of aliphatic hydroxyl groups excluding tert-OH is 1. The number of carbonyl (C=O) groups is 2. The standard InChI is InChI=1S/C26H26FN3O6/c1-5-26(35)17-7-20-22-15(9-30(20)24(33)16(17)10-36-25(26)34)21(12(3)28-23(32)13(4)31)14-6-11(2)18(27)8-19(14)29-22/h6-8,12-13,31,35H,5,9-10H2,1-4H3,(H,28,32)/t12-,13-,26+/m1/s1. The zero-order valence-corrected chi connectivity index (χ0v) is 20.3. The Morgan fingerprint density at radius 1 is 1.28 bits per heavy atom. The van der Waals surface area contributed by atoms with E-state index < -0.39 is 41.0 Å². The van der Waals surface area contributed by atoms with Crippen molar-refractivity contribution in [2.45, 2.75) is 65.0 Å². The molecule has 9 nitrogen and oxygen atoms in total. The molecule has 0 fully saturated rings. The van der Waals surface area contributed by atoms with Gasteiger partial charge in [0.1, 0.15) is 18.5 Å². The summed E-state index contributed by atoms with van der Waals surface area (Å²) in [5.74, 6) is -1.85. The number of aryl methyl sites for hydroxylation is 1. The molecule has 36 heavy (non-hydrogen) atoms. The van der Waals surface area contributed by atoms with Crippen molar-refractivity contribution in [1.29, 1.82) is 0 Å². The summed E-state index contributed by atoms with van der Waals surface area (Å²) in [7, 11) is 0. The van der Waals surface area contributed by atoms with Crippen LogP contribution in [0, 0.1) is 12.7 Å². The summed E-state index contributed by atoms with van der Waals surface area (Å²) >= 11 is 0. The highest BCUT2D eigenvalue weighted by atomic mass is 19.1. The molecule has 0 unspecified atom stereocenters. The molecule has 3 aromatic rings. The van der Waals surface area contributed by atoms with E-state index in [1.165, 1.54) is 17.6 Å². The number of cyclic esters (lactones) is 1. The molecule has 0 bridgehead atoms.